The van der Waals surface area contributed by atoms with E-state index >= 15 is 0 Å². The normalized spacial score (nSPS) is 13.6. The van der Waals surface area contributed by atoms with E-state index in [-0.39, 0.29) is 25.9 Å². The van der Waals surface area contributed by atoms with Gasteiger partial charge in [0, 0.05) is 19.3 Å². The molecule has 0 aromatic rings. The maximum absolute atomic E-state index is 12.9. The number of phosphoric ester groups is 1. The summed E-state index contributed by atoms with van der Waals surface area (Å²) >= 11 is 0. The van der Waals surface area contributed by atoms with Crippen LogP contribution in [0.1, 0.15) is 290 Å². The SMILES string of the molecule is CCCCC/C=C\C/C=C\CCCCCCCCCC(=O)OC(COC(=O)CCCCCCC/C=C\C/C=C\CCCCC)COP(=O)(O)OCC(CO)OC(=O)CCCCCCCCCCCCCCCCC. The summed E-state index contributed by atoms with van der Waals surface area (Å²) in [5, 5.41) is 9.83. The molecular weight excluding hydrogens is 952 g/mol. The van der Waals surface area contributed by atoms with Gasteiger partial charge in [0.25, 0.3) is 0 Å². The Labute approximate surface area is 453 Å². The molecule has 3 atom stereocenters. The molecule has 0 amide bonds. The van der Waals surface area contributed by atoms with Crippen molar-refractivity contribution in [2.75, 3.05) is 26.4 Å². The van der Waals surface area contributed by atoms with E-state index in [0.717, 1.165) is 103 Å². The Morgan fingerprint density at radius 3 is 1.03 bits per heavy atom. The molecule has 0 radical (unpaired) electrons. The molecule has 74 heavy (non-hydrogen) atoms. The maximum atomic E-state index is 12.9. The molecule has 0 aliphatic rings. The molecule has 0 aliphatic heterocycles. The van der Waals surface area contributed by atoms with Crippen molar-refractivity contribution in [3.63, 3.8) is 0 Å². The molecule has 0 saturated heterocycles. The number of ether oxygens (including phenoxy) is 3. The molecule has 0 rings (SSSR count). The van der Waals surface area contributed by atoms with E-state index < -0.39 is 57.8 Å². The number of rotatable bonds is 57. The second-order valence-corrected chi connectivity index (χ2v) is 22.0. The molecular formula is C62H113O11P. The molecule has 0 fully saturated rings. The van der Waals surface area contributed by atoms with Crippen LogP contribution in [0.2, 0.25) is 0 Å². The van der Waals surface area contributed by atoms with Crippen molar-refractivity contribution in [3.8, 4) is 0 Å². The van der Waals surface area contributed by atoms with E-state index in [1.165, 1.54) is 128 Å². The van der Waals surface area contributed by atoms with Crippen molar-refractivity contribution < 1.29 is 52.2 Å². The lowest BCUT2D eigenvalue weighted by atomic mass is 10.0. The summed E-state index contributed by atoms with van der Waals surface area (Å²) in [6.07, 6.45) is 60.5. The van der Waals surface area contributed by atoms with Crippen LogP contribution < -0.4 is 0 Å². The first kappa shape index (κ1) is 71.4. The van der Waals surface area contributed by atoms with Gasteiger partial charge in [-0.3, -0.25) is 23.4 Å². The molecule has 432 valence electrons. The van der Waals surface area contributed by atoms with Crippen LogP contribution in [0.5, 0.6) is 0 Å². The molecule has 0 saturated carbocycles. The Hall–Kier alpha value is -2.56. The fraction of sp³-hybridized carbons (Fsp3) is 0.823. The number of aliphatic hydroxyl groups excluding tert-OH is 1. The van der Waals surface area contributed by atoms with Crippen molar-refractivity contribution in [2.24, 2.45) is 0 Å². The van der Waals surface area contributed by atoms with Gasteiger partial charge in [-0.2, -0.15) is 0 Å². The summed E-state index contributed by atoms with van der Waals surface area (Å²) in [7, 11) is -4.75. The Morgan fingerprint density at radius 1 is 0.378 bits per heavy atom. The number of carbonyl (C=O) groups is 3. The van der Waals surface area contributed by atoms with Crippen LogP contribution in [0.25, 0.3) is 0 Å². The third-order valence-electron chi connectivity index (χ3n) is 13.2. The minimum absolute atomic E-state index is 0.157. The lowest BCUT2D eigenvalue weighted by Gasteiger charge is -2.21. The third-order valence-corrected chi connectivity index (χ3v) is 14.2. The van der Waals surface area contributed by atoms with Gasteiger partial charge in [-0.1, -0.05) is 236 Å². The van der Waals surface area contributed by atoms with Crippen molar-refractivity contribution in [1.82, 2.24) is 0 Å². The van der Waals surface area contributed by atoms with E-state index in [4.69, 9.17) is 23.3 Å². The van der Waals surface area contributed by atoms with E-state index in [1.807, 2.05) is 0 Å². The first-order chi connectivity index (χ1) is 36.2. The lowest BCUT2D eigenvalue weighted by molar-refractivity contribution is -0.161. The van der Waals surface area contributed by atoms with E-state index in [9.17, 15) is 28.9 Å². The Kier molecular flexibility index (Phi) is 54.7. The molecule has 3 unspecified atom stereocenters. The number of aliphatic hydroxyl groups is 1. The molecule has 0 aliphatic carbocycles. The Balaban J connectivity index is 4.71. The second kappa shape index (κ2) is 56.6. The molecule has 0 spiro atoms. The highest BCUT2D eigenvalue weighted by molar-refractivity contribution is 7.47. The minimum atomic E-state index is -4.75. The van der Waals surface area contributed by atoms with Gasteiger partial charge in [0.15, 0.2) is 6.10 Å². The maximum Gasteiger partial charge on any atom is 0.472 e. The first-order valence-corrected chi connectivity index (χ1v) is 32.0. The van der Waals surface area contributed by atoms with Gasteiger partial charge in [-0.25, -0.2) is 4.57 Å². The zero-order chi connectivity index (χ0) is 54.1. The Bertz CT molecular complexity index is 1430. The van der Waals surface area contributed by atoms with Gasteiger partial charge in [-0.15, -0.1) is 0 Å². The minimum Gasteiger partial charge on any atom is -0.462 e. The van der Waals surface area contributed by atoms with Gasteiger partial charge < -0.3 is 24.2 Å². The topological polar surface area (TPSA) is 155 Å². The summed E-state index contributed by atoms with van der Waals surface area (Å²) in [6.45, 7) is 4.61. The molecule has 2 N–H and O–H groups in total. The summed E-state index contributed by atoms with van der Waals surface area (Å²) in [6, 6.07) is 0. The summed E-state index contributed by atoms with van der Waals surface area (Å²) < 4.78 is 39.6. The average Bonchev–Trinajstić information content (AvgIpc) is 3.39. The number of carbonyl (C=O) groups excluding carboxylic acids is 3. The molecule has 0 aromatic carbocycles. The highest BCUT2D eigenvalue weighted by Gasteiger charge is 2.28. The van der Waals surface area contributed by atoms with E-state index in [1.54, 1.807) is 0 Å². The van der Waals surface area contributed by atoms with Crippen LogP contribution >= 0.6 is 7.82 Å². The number of esters is 3. The zero-order valence-corrected chi connectivity index (χ0v) is 48.7. The van der Waals surface area contributed by atoms with Crippen molar-refractivity contribution in [2.45, 2.75) is 303 Å². The van der Waals surface area contributed by atoms with Crippen LogP contribution in [0.3, 0.4) is 0 Å². The zero-order valence-electron chi connectivity index (χ0n) is 47.8. The fourth-order valence-corrected chi connectivity index (χ4v) is 9.32. The quantitative estimate of drug-likeness (QED) is 0.0197. The molecule has 0 bridgehead atoms. The van der Waals surface area contributed by atoms with Crippen LogP contribution in [0.4, 0.5) is 0 Å². The molecule has 12 heteroatoms. The summed E-state index contributed by atoms with van der Waals surface area (Å²) in [4.78, 5) is 48.6. The number of hydrogen-bond donors (Lipinski definition) is 2. The third kappa shape index (κ3) is 54.2. The monoisotopic (exact) mass is 1060 g/mol. The summed E-state index contributed by atoms with van der Waals surface area (Å²) in [5.74, 6) is -1.47. The van der Waals surface area contributed by atoms with Crippen LogP contribution in [-0.4, -0.2) is 66.5 Å². The highest BCUT2D eigenvalue weighted by atomic mass is 31.2. The molecule has 11 nitrogen and oxygen atoms in total. The van der Waals surface area contributed by atoms with Gasteiger partial charge in [-0.05, 0) is 83.5 Å². The molecule has 0 heterocycles. The van der Waals surface area contributed by atoms with Crippen LogP contribution in [0, 0.1) is 0 Å². The lowest BCUT2D eigenvalue weighted by Crippen LogP contribution is -2.30. The van der Waals surface area contributed by atoms with Gasteiger partial charge in [0.1, 0.15) is 12.7 Å². The van der Waals surface area contributed by atoms with Crippen molar-refractivity contribution >= 4 is 25.7 Å². The first-order valence-electron chi connectivity index (χ1n) is 30.5. The highest BCUT2D eigenvalue weighted by Crippen LogP contribution is 2.43. The van der Waals surface area contributed by atoms with Crippen LogP contribution in [0.15, 0.2) is 48.6 Å². The largest absolute Gasteiger partial charge is 0.472 e. The van der Waals surface area contributed by atoms with Gasteiger partial charge in [0.2, 0.25) is 0 Å². The number of allylic oxidation sites excluding steroid dienone is 8. The number of unbranched alkanes of at least 4 members (excludes halogenated alkanes) is 32. The van der Waals surface area contributed by atoms with Crippen molar-refractivity contribution in [1.29, 1.82) is 0 Å². The van der Waals surface area contributed by atoms with Gasteiger partial charge in [0.05, 0.1) is 19.8 Å². The standard InChI is InChI=1S/C62H113O11P/c1-4-7-10-13-16-19-22-25-28-29-32-35-38-41-44-47-50-53-62(66)73-59(55-69-60(64)51-48-45-42-39-36-33-30-26-23-20-17-14-11-8-5-2)57-71-74(67,68)70-56-58(54-63)72-61(65)52-49-46-43-40-37-34-31-27-24-21-18-15-12-9-6-3/h16-17,19-20,25-26,28,30,58-59,63H,4-15,18,21-24,27,29,31-57H2,1-3H3,(H,67,68)/b19-16-,20-17-,28-25-,30-26-. The fourth-order valence-electron chi connectivity index (χ4n) is 8.54. The smallest absolute Gasteiger partial charge is 0.462 e. The number of hydrogen-bond acceptors (Lipinski definition) is 10. The average molecular weight is 1070 g/mol. The predicted octanol–water partition coefficient (Wildman–Crippen LogP) is 18.1. The van der Waals surface area contributed by atoms with Crippen molar-refractivity contribution in [3.05, 3.63) is 48.6 Å². The number of phosphoric acid groups is 1. The van der Waals surface area contributed by atoms with E-state index in [0.29, 0.717) is 19.3 Å². The van der Waals surface area contributed by atoms with Crippen LogP contribution in [-0.2, 0) is 42.2 Å². The second-order valence-electron chi connectivity index (χ2n) is 20.5. The van der Waals surface area contributed by atoms with E-state index in [2.05, 4.69) is 69.4 Å². The molecule has 0 aromatic heterocycles. The summed E-state index contributed by atoms with van der Waals surface area (Å²) in [5.41, 5.74) is 0. The Morgan fingerprint density at radius 2 is 0.662 bits per heavy atom. The van der Waals surface area contributed by atoms with Gasteiger partial charge >= 0.3 is 25.7 Å². The predicted molar refractivity (Wildman–Crippen MR) is 307 cm³/mol.